The van der Waals surface area contributed by atoms with Crippen molar-refractivity contribution in [2.75, 3.05) is 5.32 Å². The third kappa shape index (κ3) is 1.80. The van der Waals surface area contributed by atoms with Gasteiger partial charge in [0.1, 0.15) is 5.82 Å². The van der Waals surface area contributed by atoms with E-state index in [1.165, 1.54) is 11.3 Å². The number of aromatic amines is 1. The Balaban J connectivity index is 2.10. The van der Waals surface area contributed by atoms with Gasteiger partial charge < -0.3 is 5.32 Å². The minimum atomic E-state index is -0.298. The van der Waals surface area contributed by atoms with Crippen LogP contribution >= 0.6 is 11.3 Å². The summed E-state index contributed by atoms with van der Waals surface area (Å²) in [4.78, 5) is 15.4. The third-order valence-electron chi connectivity index (χ3n) is 1.58. The topological polar surface area (TPSA) is 70.7 Å². The third-order valence-corrected chi connectivity index (χ3v) is 2.26. The number of thiophene rings is 1. The number of nitrogens with one attached hydrogen (secondary N) is 2. The molecule has 0 unspecified atom stereocenters. The number of hydrogen-bond donors (Lipinski definition) is 2. The summed E-state index contributed by atoms with van der Waals surface area (Å²) in [7, 11) is 0. The highest BCUT2D eigenvalue weighted by Crippen LogP contribution is 2.12. The molecule has 1 amide bonds. The van der Waals surface area contributed by atoms with E-state index in [0.717, 1.165) is 5.69 Å². The van der Waals surface area contributed by atoms with Crippen LogP contribution in [0.15, 0.2) is 16.8 Å². The standard InChI is InChI=1S/C8H8N4OS/c1-5-9-7(12-11-5)8(13)10-6-2-3-14-4-6/h2-4H,1H3,(H,10,13)(H,9,11,12). The van der Waals surface area contributed by atoms with Gasteiger partial charge in [0.05, 0.1) is 5.69 Å². The highest BCUT2D eigenvalue weighted by molar-refractivity contribution is 7.08. The van der Waals surface area contributed by atoms with Crippen LogP contribution in [0, 0.1) is 6.92 Å². The molecular formula is C8H8N4OS. The molecule has 0 saturated heterocycles. The quantitative estimate of drug-likeness (QED) is 0.784. The number of nitrogens with zero attached hydrogens (tertiary/aromatic N) is 2. The van der Waals surface area contributed by atoms with Crippen molar-refractivity contribution in [1.29, 1.82) is 0 Å². The summed E-state index contributed by atoms with van der Waals surface area (Å²) in [5.74, 6) is 0.488. The van der Waals surface area contributed by atoms with E-state index >= 15 is 0 Å². The van der Waals surface area contributed by atoms with E-state index in [4.69, 9.17) is 0 Å². The first kappa shape index (κ1) is 8.89. The maximum absolute atomic E-state index is 11.5. The molecule has 0 aliphatic rings. The molecule has 2 N–H and O–H groups in total. The molecule has 2 aromatic rings. The Morgan fingerprint density at radius 3 is 3.07 bits per heavy atom. The predicted molar refractivity (Wildman–Crippen MR) is 53.4 cm³/mol. The van der Waals surface area contributed by atoms with E-state index in [2.05, 4.69) is 20.5 Å². The van der Waals surface area contributed by atoms with E-state index in [-0.39, 0.29) is 11.7 Å². The minimum absolute atomic E-state index is 0.161. The lowest BCUT2D eigenvalue weighted by atomic mass is 10.5. The lowest BCUT2D eigenvalue weighted by Crippen LogP contribution is -2.13. The van der Waals surface area contributed by atoms with Gasteiger partial charge in [-0.2, -0.15) is 11.3 Å². The summed E-state index contributed by atoms with van der Waals surface area (Å²) in [5.41, 5.74) is 0.766. The molecule has 2 rings (SSSR count). The summed E-state index contributed by atoms with van der Waals surface area (Å²) < 4.78 is 0. The summed E-state index contributed by atoms with van der Waals surface area (Å²) in [5, 5.41) is 12.8. The van der Waals surface area contributed by atoms with Crippen molar-refractivity contribution in [3.05, 3.63) is 28.5 Å². The number of carbonyl (C=O) groups is 1. The average Bonchev–Trinajstić information content (AvgIpc) is 2.75. The average molecular weight is 208 g/mol. The lowest BCUT2D eigenvalue weighted by molar-refractivity contribution is 0.101. The van der Waals surface area contributed by atoms with Crippen LogP contribution in [0.3, 0.4) is 0 Å². The first-order chi connectivity index (χ1) is 6.75. The van der Waals surface area contributed by atoms with Crippen LogP contribution in [-0.4, -0.2) is 21.1 Å². The van der Waals surface area contributed by atoms with E-state index in [1.54, 1.807) is 6.92 Å². The molecule has 0 bridgehead atoms. The molecule has 0 aliphatic carbocycles. The van der Waals surface area contributed by atoms with Gasteiger partial charge >= 0.3 is 0 Å². The number of hydrogen-bond acceptors (Lipinski definition) is 4. The van der Waals surface area contributed by atoms with Gasteiger partial charge in [-0.1, -0.05) is 0 Å². The highest BCUT2D eigenvalue weighted by atomic mass is 32.1. The Kier molecular flexibility index (Phi) is 2.28. The van der Waals surface area contributed by atoms with Crippen LogP contribution in [0.5, 0.6) is 0 Å². The van der Waals surface area contributed by atoms with Crippen molar-refractivity contribution >= 4 is 22.9 Å². The van der Waals surface area contributed by atoms with Crippen molar-refractivity contribution in [3.8, 4) is 0 Å². The fourth-order valence-corrected chi connectivity index (χ4v) is 1.55. The molecule has 5 nitrogen and oxygen atoms in total. The number of aromatic nitrogens is 3. The van der Waals surface area contributed by atoms with Crippen molar-refractivity contribution < 1.29 is 4.79 Å². The number of amides is 1. The van der Waals surface area contributed by atoms with Crippen LogP contribution in [0.25, 0.3) is 0 Å². The molecule has 2 heterocycles. The van der Waals surface area contributed by atoms with Gasteiger partial charge in [0.2, 0.25) is 5.82 Å². The fourth-order valence-electron chi connectivity index (χ4n) is 0.967. The number of H-pyrrole nitrogens is 1. The summed E-state index contributed by atoms with van der Waals surface area (Å²) in [6, 6.07) is 1.82. The van der Waals surface area contributed by atoms with Crippen molar-refractivity contribution in [1.82, 2.24) is 15.2 Å². The molecule has 0 saturated carbocycles. The summed E-state index contributed by atoms with van der Waals surface area (Å²) in [6.45, 7) is 1.74. The van der Waals surface area contributed by atoms with Gasteiger partial charge in [0, 0.05) is 5.38 Å². The van der Waals surface area contributed by atoms with Crippen LogP contribution in [-0.2, 0) is 0 Å². The zero-order valence-electron chi connectivity index (χ0n) is 7.44. The van der Waals surface area contributed by atoms with Gasteiger partial charge in [-0.15, -0.1) is 5.10 Å². The molecule has 0 atom stereocenters. The molecule has 0 fully saturated rings. The molecule has 2 aromatic heterocycles. The minimum Gasteiger partial charge on any atom is -0.318 e. The first-order valence-corrected chi connectivity index (χ1v) is 4.92. The lowest BCUT2D eigenvalue weighted by Gasteiger charge is -1.96. The Morgan fingerprint density at radius 2 is 2.50 bits per heavy atom. The zero-order valence-corrected chi connectivity index (χ0v) is 8.26. The number of anilines is 1. The van der Waals surface area contributed by atoms with Gasteiger partial charge in [-0.3, -0.25) is 9.89 Å². The smallest absolute Gasteiger partial charge is 0.295 e. The molecular weight excluding hydrogens is 200 g/mol. The Morgan fingerprint density at radius 1 is 1.64 bits per heavy atom. The fraction of sp³-hybridized carbons (Fsp3) is 0.125. The van der Waals surface area contributed by atoms with Gasteiger partial charge in [-0.25, -0.2) is 4.98 Å². The summed E-state index contributed by atoms with van der Waals surface area (Å²) >= 11 is 1.52. The Labute approximate surface area is 84.2 Å². The second-order valence-electron chi connectivity index (χ2n) is 2.71. The maximum Gasteiger partial charge on any atom is 0.295 e. The predicted octanol–water partition coefficient (Wildman–Crippen LogP) is 1.43. The highest BCUT2D eigenvalue weighted by Gasteiger charge is 2.10. The monoisotopic (exact) mass is 208 g/mol. The Hall–Kier alpha value is -1.69. The van der Waals surface area contributed by atoms with E-state index in [1.807, 2.05) is 16.8 Å². The van der Waals surface area contributed by atoms with Crippen LogP contribution in [0.2, 0.25) is 0 Å². The number of aryl methyl sites for hydroxylation is 1. The molecule has 72 valence electrons. The normalized spacial score (nSPS) is 10.1. The molecule has 0 radical (unpaired) electrons. The van der Waals surface area contributed by atoms with Crippen molar-refractivity contribution in [2.24, 2.45) is 0 Å². The molecule has 0 aliphatic heterocycles. The maximum atomic E-state index is 11.5. The Bertz CT molecular complexity index is 434. The van der Waals surface area contributed by atoms with Crippen molar-refractivity contribution in [3.63, 3.8) is 0 Å². The zero-order chi connectivity index (χ0) is 9.97. The van der Waals surface area contributed by atoms with E-state index in [0.29, 0.717) is 5.82 Å². The largest absolute Gasteiger partial charge is 0.318 e. The van der Waals surface area contributed by atoms with Gasteiger partial charge in [0.15, 0.2) is 0 Å². The number of rotatable bonds is 2. The van der Waals surface area contributed by atoms with Crippen LogP contribution < -0.4 is 5.32 Å². The van der Waals surface area contributed by atoms with Crippen LogP contribution in [0.4, 0.5) is 5.69 Å². The van der Waals surface area contributed by atoms with E-state index in [9.17, 15) is 4.79 Å². The van der Waals surface area contributed by atoms with Crippen LogP contribution in [0.1, 0.15) is 16.4 Å². The first-order valence-electron chi connectivity index (χ1n) is 3.98. The van der Waals surface area contributed by atoms with E-state index < -0.39 is 0 Å². The molecule has 6 heteroatoms. The SMILES string of the molecule is Cc1nc(C(=O)Nc2ccsc2)n[nH]1. The molecule has 0 spiro atoms. The van der Waals surface area contributed by atoms with Gasteiger partial charge in [0.25, 0.3) is 5.91 Å². The number of carbonyl (C=O) groups excluding carboxylic acids is 1. The second kappa shape index (κ2) is 3.59. The molecule has 14 heavy (non-hydrogen) atoms. The van der Waals surface area contributed by atoms with Crippen molar-refractivity contribution in [2.45, 2.75) is 6.92 Å². The summed E-state index contributed by atoms with van der Waals surface area (Å²) in [6.07, 6.45) is 0. The molecule has 0 aromatic carbocycles. The van der Waals surface area contributed by atoms with Gasteiger partial charge in [-0.05, 0) is 18.4 Å². The second-order valence-corrected chi connectivity index (χ2v) is 3.49.